The Balaban J connectivity index is 2.23. The summed E-state index contributed by atoms with van der Waals surface area (Å²) >= 11 is 12.1. The van der Waals surface area contributed by atoms with Crippen molar-refractivity contribution in [2.75, 3.05) is 5.88 Å². The quantitative estimate of drug-likeness (QED) is 0.557. The molecule has 1 fully saturated rings. The summed E-state index contributed by atoms with van der Waals surface area (Å²) in [6, 6.07) is 0. The summed E-state index contributed by atoms with van der Waals surface area (Å²) in [7, 11) is 0. The number of rotatable bonds is 2. The second-order valence-corrected chi connectivity index (χ2v) is 5.49. The fourth-order valence-electron chi connectivity index (χ4n) is 2.51. The molecule has 16 heavy (non-hydrogen) atoms. The van der Waals surface area contributed by atoms with Crippen molar-refractivity contribution >= 4 is 34.8 Å². The highest BCUT2D eigenvalue weighted by atomic mass is 35.5. The largest absolute Gasteiger partial charge is 0.273 e. The summed E-state index contributed by atoms with van der Waals surface area (Å²) in [5.41, 5.74) is 0.802. The van der Waals surface area contributed by atoms with Crippen LogP contribution >= 0.6 is 23.2 Å². The van der Waals surface area contributed by atoms with Crippen LogP contribution in [0.1, 0.15) is 39.0 Å². The number of hydrogen-bond acceptors (Lipinski definition) is 2. The number of carbonyl (C=O) groups is 1. The second-order valence-electron chi connectivity index (χ2n) is 4.70. The van der Waals surface area contributed by atoms with Gasteiger partial charge in [0, 0.05) is 30.4 Å². The molecule has 0 bridgehead atoms. The van der Waals surface area contributed by atoms with E-state index in [9.17, 15) is 4.79 Å². The van der Waals surface area contributed by atoms with Crippen molar-refractivity contribution in [2.24, 2.45) is 10.5 Å². The van der Waals surface area contributed by atoms with Gasteiger partial charge in [0.2, 0.25) is 5.91 Å². The predicted molar refractivity (Wildman–Crippen MR) is 65.8 cm³/mol. The number of nitrogens with zero attached hydrogens (tertiary/aromatic N) is 2. The molecular weight excluding hydrogens is 247 g/mol. The first kappa shape index (κ1) is 12.2. The molecule has 0 radical (unpaired) electrons. The van der Waals surface area contributed by atoms with Crippen LogP contribution in [0, 0.1) is 5.41 Å². The average Bonchev–Trinajstić information content (AvgIpc) is 2.18. The number of halogens is 2. The van der Waals surface area contributed by atoms with Crippen molar-refractivity contribution in [3.05, 3.63) is 0 Å². The molecule has 90 valence electrons. The van der Waals surface area contributed by atoms with Crippen LogP contribution in [-0.2, 0) is 4.79 Å². The van der Waals surface area contributed by atoms with Gasteiger partial charge in [-0.05, 0) is 19.3 Å². The molecule has 0 aromatic heterocycles. The van der Waals surface area contributed by atoms with Crippen molar-refractivity contribution in [2.45, 2.75) is 44.5 Å². The number of hydrazone groups is 1. The van der Waals surface area contributed by atoms with Gasteiger partial charge in [-0.3, -0.25) is 4.79 Å². The highest BCUT2D eigenvalue weighted by Crippen LogP contribution is 2.52. The molecule has 2 aliphatic rings. The normalized spacial score (nSPS) is 27.6. The molecule has 1 unspecified atom stereocenters. The van der Waals surface area contributed by atoms with Crippen LogP contribution in [0.25, 0.3) is 0 Å². The minimum atomic E-state index is -0.280. The molecule has 1 amide bonds. The van der Waals surface area contributed by atoms with E-state index in [4.69, 9.17) is 23.2 Å². The van der Waals surface area contributed by atoms with E-state index in [1.807, 2.05) is 0 Å². The van der Waals surface area contributed by atoms with E-state index >= 15 is 0 Å². The lowest BCUT2D eigenvalue weighted by Gasteiger charge is -2.50. The summed E-state index contributed by atoms with van der Waals surface area (Å²) < 4.78 is 0. The van der Waals surface area contributed by atoms with Gasteiger partial charge in [0.05, 0.1) is 0 Å². The van der Waals surface area contributed by atoms with E-state index in [1.165, 1.54) is 18.4 Å². The topological polar surface area (TPSA) is 32.7 Å². The van der Waals surface area contributed by atoms with Crippen LogP contribution in [0.2, 0.25) is 0 Å². The van der Waals surface area contributed by atoms with Gasteiger partial charge in [0.15, 0.2) is 0 Å². The Kier molecular flexibility index (Phi) is 3.45. The summed E-state index contributed by atoms with van der Waals surface area (Å²) in [6.07, 6.45) is 5.02. The molecule has 1 aliphatic heterocycles. The highest BCUT2D eigenvalue weighted by molar-refractivity contribution is 6.22. The zero-order valence-corrected chi connectivity index (χ0v) is 10.9. The third kappa shape index (κ3) is 1.95. The summed E-state index contributed by atoms with van der Waals surface area (Å²) in [6.45, 7) is 1.51. The maximum atomic E-state index is 11.5. The molecule has 2 rings (SSSR count). The van der Waals surface area contributed by atoms with E-state index in [-0.39, 0.29) is 16.8 Å². The fourth-order valence-corrected chi connectivity index (χ4v) is 3.21. The molecule has 0 N–H and O–H groups in total. The third-order valence-corrected chi connectivity index (χ3v) is 4.42. The van der Waals surface area contributed by atoms with Crippen LogP contribution in [0.5, 0.6) is 0 Å². The van der Waals surface area contributed by atoms with Gasteiger partial charge in [-0.25, -0.2) is 5.01 Å². The van der Waals surface area contributed by atoms with E-state index in [0.29, 0.717) is 5.88 Å². The van der Waals surface area contributed by atoms with Gasteiger partial charge < -0.3 is 0 Å². The Hall–Kier alpha value is -0.280. The van der Waals surface area contributed by atoms with Crippen molar-refractivity contribution < 1.29 is 4.79 Å². The Labute approximate surface area is 106 Å². The van der Waals surface area contributed by atoms with Crippen LogP contribution < -0.4 is 0 Å². The van der Waals surface area contributed by atoms with Gasteiger partial charge >= 0.3 is 0 Å². The molecule has 0 aromatic carbocycles. The summed E-state index contributed by atoms with van der Waals surface area (Å²) in [5.74, 6) is 0.464. The van der Waals surface area contributed by atoms with Gasteiger partial charge in [0.25, 0.3) is 0 Å². The third-order valence-electron chi connectivity index (χ3n) is 3.58. The average molecular weight is 263 g/mol. The Morgan fingerprint density at radius 3 is 2.75 bits per heavy atom. The van der Waals surface area contributed by atoms with Crippen molar-refractivity contribution in [3.8, 4) is 0 Å². The first-order chi connectivity index (χ1) is 7.59. The smallest absolute Gasteiger partial charge is 0.240 e. The molecule has 3 nitrogen and oxygen atoms in total. The van der Waals surface area contributed by atoms with E-state index in [2.05, 4.69) is 5.10 Å². The molecule has 1 heterocycles. The Bertz CT molecular complexity index is 326. The molecule has 5 heteroatoms. The van der Waals surface area contributed by atoms with Crippen LogP contribution in [0.4, 0.5) is 0 Å². The maximum absolute atomic E-state index is 11.5. The number of amides is 1. The lowest BCUT2D eigenvalue weighted by Crippen LogP contribution is -2.52. The summed E-state index contributed by atoms with van der Waals surface area (Å²) in [5, 5.41) is 5.75. The van der Waals surface area contributed by atoms with Crippen LogP contribution in [-0.4, -0.2) is 28.0 Å². The maximum Gasteiger partial charge on any atom is 0.240 e. The van der Waals surface area contributed by atoms with Gasteiger partial charge in [-0.15, -0.1) is 11.6 Å². The molecule has 0 aromatic rings. The number of hydrogen-bond donors (Lipinski definition) is 0. The zero-order chi connectivity index (χ0) is 11.8. The Morgan fingerprint density at radius 1 is 1.62 bits per heavy atom. The minimum absolute atomic E-state index is 0.0658. The van der Waals surface area contributed by atoms with Crippen molar-refractivity contribution in [1.82, 2.24) is 5.01 Å². The van der Waals surface area contributed by atoms with Gasteiger partial charge in [-0.1, -0.05) is 18.0 Å². The standard InChI is InChI=1S/C11H16Cl2N2O/c1-8(16)15-10(13)11(4-2-5-11)7-9(14-15)3-6-12/h10H,2-7H2,1H3. The fraction of sp³-hybridized carbons (Fsp3) is 0.818. The van der Waals surface area contributed by atoms with Gasteiger partial charge in [0.1, 0.15) is 5.50 Å². The molecule has 1 spiro atoms. The van der Waals surface area contributed by atoms with Crippen molar-refractivity contribution in [3.63, 3.8) is 0 Å². The first-order valence-electron chi connectivity index (χ1n) is 5.65. The molecular formula is C11H16Cl2N2O. The lowest BCUT2D eigenvalue weighted by molar-refractivity contribution is -0.134. The van der Waals surface area contributed by atoms with Crippen LogP contribution in [0.15, 0.2) is 5.10 Å². The van der Waals surface area contributed by atoms with Crippen molar-refractivity contribution in [1.29, 1.82) is 0 Å². The predicted octanol–water partition coefficient (Wildman–Crippen LogP) is 2.96. The number of carbonyl (C=O) groups excluding carboxylic acids is 1. The zero-order valence-electron chi connectivity index (χ0n) is 9.38. The molecule has 1 saturated carbocycles. The SMILES string of the molecule is CC(=O)N1N=C(CCCl)CC2(CCC2)C1Cl. The van der Waals surface area contributed by atoms with Crippen LogP contribution in [0.3, 0.4) is 0 Å². The molecule has 0 saturated heterocycles. The monoisotopic (exact) mass is 262 g/mol. The molecule has 1 aliphatic carbocycles. The summed E-state index contributed by atoms with van der Waals surface area (Å²) in [4.78, 5) is 11.5. The van der Waals surface area contributed by atoms with E-state index < -0.39 is 0 Å². The Morgan fingerprint density at radius 2 is 2.31 bits per heavy atom. The first-order valence-corrected chi connectivity index (χ1v) is 6.62. The van der Waals surface area contributed by atoms with E-state index in [0.717, 1.165) is 31.4 Å². The lowest BCUT2D eigenvalue weighted by atomic mass is 9.64. The van der Waals surface area contributed by atoms with E-state index in [1.54, 1.807) is 0 Å². The van der Waals surface area contributed by atoms with Gasteiger partial charge in [-0.2, -0.15) is 5.10 Å². The number of alkyl halides is 2. The molecule has 1 atom stereocenters. The minimum Gasteiger partial charge on any atom is -0.273 e. The second kappa shape index (κ2) is 4.53. The highest BCUT2D eigenvalue weighted by Gasteiger charge is 2.49.